The summed E-state index contributed by atoms with van der Waals surface area (Å²) in [5, 5.41) is 3.97. The minimum absolute atomic E-state index is 0.0393. The standard InChI is InChI=1S/C30H33Cl2N3O4S/c1-22(30(37)33-25-11-4-2-5-12-25)34(20-23-10-8-9-15-28(23)32)29(36)21-35(26-18-16-24(31)17-19-26)40(38,39)27-13-6-3-7-14-27/h3,6-10,13-19,22,25H,2,4-5,11-12,20-21H2,1H3,(H,33,37). The number of nitrogens with one attached hydrogen (secondary N) is 1. The largest absolute Gasteiger partial charge is 0.352 e. The first-order valence-electron chi connectivity index (χ1n) is 13.3. The van der Waals surface area contributed by atoms with Crippen LogP contribution in [0.25, 0.3) is 0 Å². The van der Waals surface area contributed by atoms with Crippen LogP contribution in [0.15, 0.2) is 83.8 Å². The topological polar surface area (TPSA) is 86.8 Å². The van der Waals surface area contributed by atoms with E-state index in [0.717, 1.165) is 36.4 Å². The molecule has 1 atom stereocenters. The maximum absolute atomic E-state index is 14.0. The molecule has 0 radical (unpaired) electrons. The summed E-state index contributed by atoms with van der Waals surface area (Å²) in [6.07, 6.45) is 5.05. The molecule has 0 spiro atoms. The highest BCUT2D eigenvalue weighted by Gasteiger charge is 2.33. The molecule has 1 fully saturated rings. The molecule has 40 heavy (non-hydrogen) atoms. The Morgan fingerprint density at radius 1 is 0.900 bits per heavy atom. The van der Waals surface area contributed by atoms with Gasteiger partial charge in [0.1, 0.15) is 12.6 Å². The summed E-state index contributed by atoms with van der Waals surface area (Å²) in [5.74, 6) is -0.822. The van der Waals surface area contributed by atoms with Crippen molar-refractivity contribution in [2.45, 2.75) is 62.6 Å². The van der Waals surface area contributed by atoms with Crippen molar-refractivity contribution in [3.63, 3.8) is 0 Å². The van der Waals surface area contributed by atoms with Crippen LogP contribution in [0, 0.1) is 0 Å². The first kappa shape index (κ1) is 29.9. The second-order valence-electron chi connectivity index (χ2n) is 9.93. The molecule has 212 valence electrons. The van der Waals surface area contributed by atoms with E-state index in [2.05, 4.69) is 5.32 Å². The quantitative estimate of drug-likeness (QED) is 0.306. The van der Waals surface area contributed by atoms with Gasteiger partial charge in [0.05, 0.1) is 10.6 Å². The zero-order valence-electron chi connectivity index (χ0n) is 22.3. The number of nitrogens with zero attached hydrogens (tertiary/aromatic N) is 2. The van der Waals surface area contributed by atoms with Gasteiger partial charge in [0.25, 0.3) is 10.0 Å². The molecule has 1 aliphatic carbocycles. The zero-order chi connectivity index (χ0) is 28.7. The fourth-order valence-electron chi connectivity index (χ4n) is 4.82. The van der Waals surface area contributed by atoms with Crippen molar-refractivity contribution >= 4 is 50.7 Å². The lowest BCUT2D eigenvalue weighted by Gasteiger charge is -2.33. The number of rotatable bonds is 10. The summed E-state index contributed by atoms with van der Waals surface area (Å²) in [4.78, 5) is 28.8. The van der Waals surface area contributed by atoms with Crippen LogP contribution in [0.2, 0.25) is 10.0 Å². The van der Waals surface area contributed by atoms with E-state index >= 15 is 0 Å². The van der Waals surface area contributed by atoms with Gasteiger partial charge in [0, 0.05) is 22.6 Å². The van der Waals surface area contributed by atoms with Crippen LogP contribution in [-0.2, 0) is 26.2 Å². The maximum Gasteiger partial charge on any atom is 0.264 e. The number of carbonyl (C=O) groups excluding carboxylic acids is 2. The molecule has 2 amide bonds. The molecule has 1 unspecified atom stereocenters. The molecular weight excluding hydrogens is 569 g/mol. The van der Waals surface area contributed by atoms with Gasteiger partial charge in [0.15, 0.2) is 0 Å². The van der Waals surface area contributed by atoms with E-state index in [1.165, 1.54) is 17.0 Å². The smallest absolute Gasteiger partial charge is 0.264 e. The molecule has 7 nitrogen and oxygen atoms in total. The molecule has 0 aromatic heterocycles. The summed E-state index contributed by atoms with van der Waals surface area (Å²) in [7, 11) is -4.13. The summed E-state index contributed by atoms with van der Waals surface area (Å²) >= 11 is 12.5. The first-order chi connectivity index (χ1) is 19.2. The lowest BCUT2D eigenvalue weighted by atomic mass is 9.95. The monoisotopic (exact) mass is 601 g/mol. The van der Waals surface area contributed by atoms with Gasteiger partial charge in [0.2, 0.25) is 11.8 Å². The third kappa shape index (κ3) is 7.36. The highest BCUT2D eigenvalue weighted by molar-refractivity contribution is 7.92. The number of anilines is 1. The van der Waals surface area contributed by atoms with Crippen LogP contribution in [0.4, 0.5) is 5.69 Å². The van der Waals surface area contributed by atoms with Gasteiger partial charge >= 0.3 is 0 Å². The number of hydrogen-bond donors (Lipinski definition) is 1. The Morgan fingerprint density at radius 3 is 2.17 bits per heavy atom. The van der Waals surface area contributed by atoms with Crippen molar-refractivity contribution in [1.29, 1.82) is 0 Å². The number of amides is 2. The van der Waals surface area contributed by atoms with E-state index in [0.29, 0.717) is 15.6 Å². The molecule has 4 rings (SSSR count). The number of halogens is 2. The van der Waals surface area contributed by atoms with Gasteiger partial charge in [-0.2, -0.15) is 0 Å². The lowest BCUT2D eigenvalue weighted by Crippen LogP contribution is -2.53. The average molecular weight is 603 g/mol. The Balaban J connectivity index is 1.67. The van der Waals surface area contributed by atoms with Crippen molar-refractivity contribution in [3.05, 3.63) is 94.5 Å². The van der Waals surface area contributed by atoms with Crippen LogP contribution in [0.3, 0.4) is 0 Å². The summed E-state index contributed by atoms with van der Waals surface area (Å²) in [5.41, 5.74) is 0.928. The van der Waals surface area contributed by atoms with E-state index in [-0.39, 0.29) is 29.1 Å². The minimum Gasteiger partial charge on any atom is -0.352 e. The number of hydrogen-bond acceptors (Lipinski definition) is 4. The fraction of sp³-hybridized carbons (Fsp3) is 0.333. The Hall–Kier alpha value is -3.07. The fourth-order valence-corrected chi connectivity index (χ4v) is 6.57. The van der Waals surface area contributed by atoms with Crippen LogP contribution < -0.4 is 9.62 Å². The highest BCUT2D eigenvalue weighted by Crippen LogP contribution is 2.27. The molecule has 10 heteroatoms. The van der Waals surface area contributed by atoms with Gasteiger partial charge in [-0.15, -0.1) is 0 Å². The van der Waals surface area contributed by atoms with Crippen LogP contribution in [0.1, 0.15) is 44.6 Å². The predicted molar refractivity (Wildman–Crippen MR) is 159 cm³/mol. The molecule has 3 aromatic rings. The third-order valence-electron chi connectivity index (χ3n) is 7.14. The molecular formula is C30H33Cl2N3O4S. The number of carbonyl (C=O) groups is 2. The number of benzene rings is 3. The third-order valence-corrected chi connectivity index (χ3v) is 9.55. The molecule has 0 aliphatic heterocycles. The second-order valence-corrected chi connectivity index (χ2v) is 12.6. The van der Waals surface area contributed by atoms with E-state index in [1.807, 2.05) is 0 Å². The zero-order valence-corrected chi connectivity index (χ0v) is 24.6. The van der Waals surface area contributed by atoms with E-state index in [4.69, 9.17) is 23.2 Å². The molecule has 1 saturated carbocycles. The highest BCUT2D eigenvalue weighted by atomic mass is 35.5. The summed E-state index contributed by atoms with van der Waals surface area (Å²) in [6.45, 7) is 1.17. The van der Waals surface area contributed by atoms with Crippen molar-refractivity contribution in [3.8, 4) is 0 Å². The SMILES string of the molecule is CC(C(=O)NC1CCCCC1)N(Cc1ccccc1Cl)C(=O)CN(c1ccc(Cl)cc1)S(=O)(=O)c1ccccc1. The van der Waals surface area contributed by atoms with Gasteiger partial charge in [-0.25, -0.2) is 8.42 Å². The van der Waals surface area contributed by atoms with Crippen molar-refractivity contribution in [2.75, 3.05) is 10.8 Å². The summed E-state index contributed by atoms with van der Waals surface area (Å²) < 4.78 is 28.6. The van der Waals surface area contributed by atoms with Crippen molar-refractivity contribution in [2.24, 2.45) is 0 Å². The van der Waals surface area contributed by atoms with Crippen LogP contribution in [0.5, 0.6) is 0 Å². The van der Waals surface area contributed by atoms with Crippen LogP contribution in [-0.4, -0.2) is 43.8 Å². The Bertz CT molecular complexity index is 1410. The Kier molecular flexibility index (Phi) is 10.1. The van der Waals surface area contributed by atoms with Gasteiger partial charge in [-0.3, -0.25) is 13.9 Å². The van der Waals surface area contributed by atoms with E-state index in [1.54, 1.807) is 73.7 Å². The molecule has 1 N–H and O–H groups in total. The summed E-state index contributed by atoms with van der Waals surface area (Å²) in [6, 6.07) is 20.4. The minimum atomic E-state index is -4.13. The molecule has 0 bridgehead atoms. The van der Waals surface area contributed by atoms with E-state index < -0.39 is 28.5 Å². The molecule has 0 saturated heterocycles. The Labute approximate surface area is 246 Å². The van der Waals surface area contributed by atoms with Gasteiger partial charge in [-0.05, 0) is 67.8 Å². The predicted octanol–water partition coefficient (Wildman–Crippen LogP) is 6.05. The normalized spacial score (nSPS) is 14.8. The van der Waals surface area contributed by atoms with Gasteiger partial charge < -0.3 is 10.2 Å². The average Bonchev–Trinajstić information content (AvgIpc) is 2.96. The van der Waals surface area contributed by atoms with Crippen LogP contribution >= 0.6 is 23.2 Å². The molecule has 3 aromatic carbocycles. The van der Waals surface area contributed by atoms with E-state index in [9.17, 15) is 18.0 Å². The van der Waals surface area contributed by atoms with Gasteiger partial charge in [-0.1, -0.05) is 78.9 Å². The maximum atomic E-state index is 14.0. The van der Waals surface area contributed by atoms with Crippen molar-refractivity contribution < 1.29 is 18.0 Å². The molecule has 0 heterocycles. The first-order valence-corrected chi connectivity index (χ1v) is 15.5. The second kappa shape index (κ2) is 13.5. The van der Waals surface area contributed by atoms with Crippen molar-refractivity contribution in [1.82, 2.24) is 10.2 Å². The molecule has 1 aliphatic rings. The lowest BCUT2D eigenvalue weighted by molar-refractivity contribution is -0.139. The Morgan fingerprint density at radius 2 is 1.52 bits per heavy atom. The number of sulfonamides is 1.